The Hall–Kier alpha value is -1.60. The summed E-state index contributed by atoms with van der Waals surface area (Å²) in [5, 5.41) is 0. The summed E-state index contributed by atoms with van der Waals surface area (Å²) in [7, 11) is 0. The van der Waals surface area contributed by atoms with Crippen molar-refractivity contribution in [2.24, 2.45) is 17.6 Å². The van der Waals surface area contributed by atoms with Crippen molar-refractivity contribution in [3.8, 4) is 0 Å². The first-order valence-corrected chi connectivity index (χ1v) is 8.83. The predicted molar refractivity (Wildman–Crippen MR) is 88.0 cm³/mol. The average Bonchev–Trinajstić information content (AvgIpc) is 3.23. The molecule has 3 aliphatic rings. The minimum absolute atomic E-state index is 0.00620. The molecule has 3 fully saturated rings. The lowest BCUT2D eigenvalue weighted by molar-refractivity contribution is -0.137. The van der Waals surface area contributed by atoms with E-state index in [1.54, 1.807) is 4.90 Å². The summed E-state index contributed by atoms with van der Waals surface area (Å²) in [6.07, 6.45) is -1.44. The Labute approximate surface area is 144 Å². The number of rotatable bonds is 2. The number of nitrogens with zero attached hydrogens (tertiary/aromatic N) is 2. The zero-order valence-electron chi connectivity index (χ0n) is 13.9. The molecule has 1 aromatic rings. The number of alkyl halides is 3. The summed E-state index contributed by atoms with van der Waals surface area (Å²) < 4.78 is 38.1. The smallest absolute Gasteiger partial charge is 0.327 e. The maximum Gasteiger partial charge on any atom is 0.416 e. The third-order valence-electron chi connectivity index (χ3n) is 6.06. The van der Waals surface area contributed by atoms with Crippen LogP contribution in [0.15, 0.2) is 24.3 Å². The van der Waals surface area contributed by atoms with E-state index < -0.39 is 11.7 Å². The predicted octanol–water partition coefficient (Wildman–Crippen LogP) is 2.48. The number of hydrogen-bond donors (Lipinski definition) is 1. The van der Waals surface area contributed by atoms with Crippen molar-refractivity contribution in [1.82, 2.24) is 4.90 Å². The number of carbonyl (C=O) groups is 1. The zero-order chi connectivity index (χ0) is 17.8. The molecular weight excluding hydrogens is 331 g/mol. The van der Waals surface area contributed by atoms with E-state index in [4.69, 9.17) is 5.73 Å². The quantitative estimate of drug-likeness (QED) is 0.889. The van der Waals surface area contributed by atoms with Crippen LogP contribution >= 0.6 is 0 Å². The molecule has 1 aliphatic carbocycles. The van der Waals surface area contributed by atoms with Crippen molar-refractivity contribution in [1.29, 1.82) is 0 Å². The zero-order valence-corrected chi connectivity index (χ0v) is 13.9. The van der Waals surface area contributed by atoms with Crippen LogP contribution in [-0.2, 0) is 11.0 Å². The van der Waals surface area contributed by atoms with Crippen LogP contribution < -0.4 is 10.6 Å². The molecule has 2 N–H and O–H groups in total. The first-order valence-electron chi connectivity index (χ1n) is 8.83. The maximum absolute atomic E-state index is 12.8. The monoisotopic (exact) mass is 353 g/mol. The Kier molecular flexibility index (Phi) is 4.03. The normalized spacial score (nSPS) is 33.3. The number of benzene rings is 1. The Morgan fingerprint density at radius 2 is 1.76 bits per heavy atom. The van der Waals surface area contributed by atoms with E-state index in [2.05, 4.69) is 4.90 Å². The van der Waals surface area contributed by atoms with Crippen LogP contribution in [0.1, 0.15) is 24.8 Å². The summed E-state index contributed by atoms with van der Waals surface area (Å²) in [6.45, 7) is 2.32. The first kappa shape index (κ1) is 16.8. The molecule has 25 heavy (non-hydrogen) atoms. The molecule has 1 aromatic carbocycles. The van der Waals surface area contributed by atoms with Crippen molar-refractivity contribution in [2.75, 3.05) is 24.5 Å². The average molecular weight is 353 g/mol. The van der Waals surface area contributed by atoms with Crippen molar-refractivity contribution in [2.45, 2.75) is 37.5 Å². The van der Waals surface area contributed by atoms with E-state index in [9.17, 15) is 18.0 Å². The summed E-state index contributed by atoms with van der Waals surface area (Å²) in [5.74, 6) is 1.06. The van der Waals surface area contributed by atoms with E-state index in [0.29, 0.717) is 30.5 Å². The molecule has 2 saturated heterocycles. The van der Waals surface area contributed by atoms with Gasteiger partial charge < -0.3 is 10.6 Å². The van der Waals surface area contributed by atoms with E-state index in [1.165, 1.54) is 12.1 Å². The summed E-state index contributed by atoms with van der Waals surface area (Å²) in [6, 6.07) is 4.91. The second kappa shape index (κ2) is 5.99. The number of fused-ring (bicyclic) bond motifs is 1. The van der Waals surface area contributed by atoms with E-state index in [1.807, 2.05) is 0 Å². The van der Waals surface area contributed by atoms with Crippen LogP contribution in [-0.4, -0.2) is 42.5 Å². The fourth-order valence-electron chi connectivity index (χ4n) is 4.69. The van der Waals surface area contributed by atoms with Gasteiger partial charge in [0.25, 0.3) is 0 Å². The molecule has 136 valence electrons. The summed E-state index contributed by atoms with van der Waals surface area (Å²) in [4.78, 5) is 16.7. The SMILES string of the molecule is NC1CCC2CN(C3CCN(c4ccc(C(F)(F)F)cc4)C3=O)CC12. The molecule has 7 heteroatoms. The van der Waals surface area contributed by atoms with Gasteiger partial charge in [-0.2, -0.15) is 13.2 Å². The fraction of sp³-hybridized carbons (Fsp3) is 0.611. The molecule has 0 aromatic heterocycles. The van der Waals surface area contributed by atoms with Gasteiger partial charge in [-0.05, 0) is 55.4 Å². The second-order valence-corrected chi connectivity index (χ2v) is 7.46. The minimum atomic E-state index is -4.36. The van der Waals surface area contributed by atoms with E-state index in [0.717, 1.165) is 38.1 Å². The van der Waals surface area contributed by atoms with Gasteiger partial charge in [-0.15, -0.1) is 0 Å². The van der Waals surface area contributed by atoms with Gasteiger partial charge in [0.2, 0.25) is 5.91 Å². The lowest BCUT2D eigenvalue weighted by atomic mass is 9.98. The molecule has 0 radical (unpaired) electrons. The minimum Gasteiger partial charge on any atom is -0.327 e. The number of carbonyl (C=O) groups excluding carboxylic acids is 1. The van der Waals surface area contributed by atoms with E-state index in [-0.39, 0.29) is 18.0 Å². The Balaban J connectivity index is 1.45. The Morgan fingerprint density at radius 1 is 1.04 bits per heavy atom. The number of anilines is 1. The topological polar surface area (TPSA) is 49.6 Å². The highest BCUT2D eigenvalue weighted by Gasteiger charge is 2.46. The fourth-order valence-corrected chi connectivity index (χ4v) is 4.69. The second-order valence-electron chi connectivity index (χ2n) is 7.46. The maximum atomic E-state index is 12.8. The summed E-state index contributed by atoms with van der Waals surface area (Å²) >= 11 is 0. The van der Waals surface area contributed by atoms with Crippen LogP contribution in [0.3, 0.4) is 0 Å². The number of likely N-dealkylation sites (tertiary alicyclic amines) is 1. The third-order valence-corrected chi connectivity index (χ3v) is 6.06. The van der Waals surface area contributed by atoms with Gasteiger partial charge in [-0.3, -0.25) is 9.69 Å². The van der Waals surface area contributed by atoms with Crippen molar-refractivity contribution < 1.29 is 18.0 Å². The van der Waals surface area contributed by atoms with Crippen LogP contribution in [0.2, 0.25) is 0 Å². The van der Waals surface area contributed by atoms with Crippen LogP contribution in [0.25, 0.3) is 0 Å². The first-order chi connectivity index (χ1) is 11.8. The third kappa shape index (κ3) is 2.93. The van der Waals surface area contributed by atoms with Crippen LogP contribution in [0, 0.1) is 11.8 Å². The van der Waals surface area contributed by atoms with Crippen molar-refractivity contribution >= 4 is 11.6 Å². The largest absolute Gasteiger partial charge is 0.416 e. The lowest BCUT2D eigenvalue weighted by Crippen LogP contribution is -2.42. The summed E-state index contributed by atoms with van der Waals surface area (Å²) in [5.41, 5.74) is 6.01. The molecular formula is C18H22F3N3O. The van der Waals surface area contributed by atoms with Gasteiger partial charge >= 0.3 is 6.18 Å². The molecule has 0 spiro atoms. The number of nitrogens with two attached hydrogens (primary N) is 1. The Bertz CT molecular complexity index is 661. The van der Waals surface area contributed by atoms with Crippen LogP contribution in [0.4, 0.5) is 18.9 Å². The van der Waals surface area contributed by atoms with Crippen molar-refractivity contribution in [3.63, 3.8) is 0 Å². The molecule has 0 bridgehead atoms. The molecule has 4 unspecified atom stereocenters. The van der Waals surface area contributed by atoms with Crippen LogP contribution in [0.5, 0.6) is 0 Å². The number of halogens is 3. The molecule has 2 aliphatic heterocycles. The highest BCUT2D eigenvalue weighted by molar-refractivity contribution is 5.99. The highest BCUT2D eigenvalue weighted by atomic mass is 19.4. The molecule has 1 amide bonds. The van der Waals surface area contributed by atoms with Crippen molar-refractivity contribution in [3.05, 3.63) is 29.8 Å². The van der Waals surface area contributed by atoms with Gasteiger partial charge in [0.1, 0.15) is 0 Å². The Morgan fingerprint density at radius 3 is 2.40 bits per heavy atom. The lowest BCUT2D eigenvalue weighted by Gasteiger charge is -2.25. The van der Waals surface area contributed by atoms with Gasteiger partial charge in [0, 0.05) is 31.4 Å². The molecule has 4 atom stereocenters. The standard InChI is InChI=1S/C18H22F3N3O/c19-18(20,21)12-2-4-13(5-3-12)24-8-7-16(17(24)25)23-9-11-1-6-15(22)14(11)10-23/h2-5,11,14-16H,1,6-10,22H2. The van der Waals surface area contributed by atoms with Gasteiger partial charge in [0.15, 0.2) is 0 Å². The molecule has 4 nitrogen and oxygen atoms in total. The van der Waals surface area contributed by atoms with E-state index >= 15 is 0 Å². The highest BCUT2D eigenvalue weighted by Crippen LogP contribution is 2.39. The number of hydrogen-bond acceptors (Lipinski definition) is 3. The molecule has 4 rings (SSSR count). The molecule has 2 heterocycles. The van der Waals surface area contributed by atoms with Gasteiger partial charge in [-0.1, -0.05) is 0 Å². The molecule has 1 saturated carbocycles. The van der Waals surface area contributed by atoms with Gasteiger partial charge in [-0.25, -0.2) is 0 Å². The van der Waals surface area contributed by atoms with Gasteiger partial charge in [0.05, 0.1) is 11.6 Å². The number of amides is 1.